The van der Waals surface area contributed by atoms with E-state index in [-0.39, 0.29) is 0 Å². The summed E-state index contributed by atoms with van der Waals surface area (Å²) in [7, 11) is 0. The molecule has 0 saturated carbocycles. The van der Waals surface area contributed by atoms with E-state index in [2.05, 4.69) is 347 Å². The maximum atomic E-state index is 7.19. The van der Waals surface area contributed by atoms with Crippen LogP contribution in [0.2, 0.25) is 0 Å². The molecule has 98 heavy (non-hydrogen) atoms. The molecule has 0 spiro atoms. The molecule has 6 heterocycles. The highest BCUT2D eigenvalue weighted by Gasteiger charge is 2.25. The number of nitrogens with zero attached hydrogens (tertiary/aromatic N) is 4. The molecule has 15 aromatic carbocycles. The second-order valence-electron chi connectivity index (χ2n) is 26.1. The Hall–Kier alpha value is -12.9. The fraction of sp³-hybridized carbons (Fsp3) is 0.0217. The third-order valence-electron chi connectivity index (χ3n) is 20.9. The zero-order valence-corrected chi connectivity index (χ0v) is 53.4. The van der Waals surface area contributed by atoms with Gasteiger partial charge in [0.1, 0.15) is 22.3 Å². The molecule has 0 aliphatic carbocycles. The minimum Gasteiger partial charge on any atom is -0.455 e. The molecule has 0 aliphatic heterocycles. The van der Waals surface area contributed by atoms with Crippen molar-refractivity contribution in [2.45, 2.75) is 13.3 Å². The van der Waals surface area contributed by atoms with Crippen LogP contribution in [0.25, 0.3) is 198 Å². The van der Waals surface area contributed by atoms with Crippen LogP contribution in [0.15, 0.2) is 330 Å². The van der Waals surface area contributed by atoms with E-state index in [1.165, 1.54) is 70.7 Å². The number of furan rings is 2. The average Bonchev–Trinajstić information content (AvgIpc) is 1.59. The quantitative estimate of drug-likeness (QED) is 0.145. The van der Waals surface area contributed by atoms with Crippen LogP contribution in [0.3, 0.4) is 0 Å². The van der Waals surface area contributed by atoms with Gasteiger partial charge in [-0.2, -0.15) is 0 Å². The second kappa shape index (κ2) is 21.1. The largest absolute Gasteiger partial charge is 0.455 e. The molecule has 0 radical (unpaired) electrons. The first-order valence-corrected chi connectivity index (χ1v) is 33.9. The summed E-state index contributed by atoms with van der Waals surface area (Å²) < 4.78 is 24.0. The van der Waals surface area contributed by atoms with Crippen LogP contribution in [0.5, 0.6) is 0 Å². The summed E-state index contributed by atoms with van der Waals surface area (Å²) in [5.74, 6) is 0. The topological polar surface area (TPSA) is 46.0 Å². The van der Waals surface area contributed by atoms with E-state index < -0.39 is 0 Å². The molecule has 0 unspecified atom stereocenters. The molecule has 6 nitrogen and oxygen atoms in total. The first-order chi connectivity index (χ1) is 48.6. The number of fused-ring (bicyclic) bond motifs is 18. The average molecular weight is 1250 g/mol. The molecule has 0 fully saturated rings. The Labute approximate surface area is 562 Å². The van der Waals surface area contributed by atoms with Crippen LogP contribution in [-0.4, -0.2) is 18.3 Å². The zero-order chi connectivity index (χ0) is 64.3. The fourth-order valence-electron chi connectivity index (χ4n) is 16.6. The van der Waals surface area contributed by atoms with Gasteiger partial charge in [-0.15, -0.1) is 0 Å². The summed E-state index contributed by atoms with van der Waals surface area (Å²) in [5, 5.41) is 14.0. The van der Waals surface area contributed by atoms with Gasteiger partial charge in [-0.1, -0.05) is 213 Å². The van der Waals surface area contributed by atoms with Crippen LogP contribution >= 0.6 is 0 Å². The summed E-state index contributed by atoms with van der Waals surface area (Å²) in [6.45, 7) is 2.28. The van der Waals surface area contributed by atoms with E-state index in [0.29, 0.717) is 0 Å². The lowest BCUT2D eigenvalue weighted by Crippen LogP contribution is -1.97. The fourth-order valence-corrected chi connectivity index (χ4v) is 16.6. The Balaban J connectivity index is 0.743. The molecule has 458 valence electrons. The van der Waals surface area contributed by atoms with E-state index in [1.807, 2.05) is 0 Å². The second-order valence-corrected chi connectivity index (χ2v) is 26.1. The Bertz CT molecular complexity index is 6760. The highest BCUT2D eigenvalue weighted by Crippen LogP contribution is 2.48. The van der Waals surface area contributed by atoms with Crippen molar-refractivity contribution >= 4 is 131 Å². The van der Waals surface area contributed by atoms with E-state index in [9.17, 15) is 0 Å². The maximum Gasteiger partial charge on any atom is 0.143 e. The first-order valence-electron chi connectivity index (χ1n) is 33.9. The highest BCUT2D eigenvalue weighted by atomic mass is 16.3. The molecule has 0 aliphatic rings. The van der Waals surface area contributed by atoms with Crippen LogP contribution in [0.4, 0.5) is 0 Å². The molecule has 0 amide bonds. The Kier molecular flexibility index (Phi) is 11.7. The van der Waals surface area contributed by atoms with Crippen LogP contribution < -0.4 is 0 Å². The Morgan fingerprint density at radius 3 is 1.01 bits per heavy atom. The van der Waals surface area contributed by atoms with Crippen molar-refractivity contribution in [1.82, 2.24) is 18.3 Å². The van der Waals surface area contributed by atoms with Gasteiger partial charge in [-0.05, 0) is 161 Å². The molecule has 6 heteroatoms. The van der Waals surface area contributed by atoms with Crippen LogP contribution in [0, 0.1) is 0 Å². The number of rotatable bonds is 9. The molecule has 0 N–H and O–H groups in total. The van der Waals surface area contributed by atoms with Gasteiger partial charge in [0.25, 0.3) is 0 Å². The van der Waals surface area contributed by atoms with Crippen LogP contribution in [0.1, 0.15) is 12.5 Å². The molecular formula is C92H58N4O2. The zero-order valence-electron chi connectivity index (χ0n) is 53.4. The molecule has 0 bridgehead atoms. The number of aromatic nitrogens is 4. The Morgan fingerprint density at radius 1 is 0.214 bits per heavy atom. The molecule has 6 aromatic heterocycles. The summed E-state index contributed by atoms with van der Waals surface area (Å²) in [5.41, 5.74) is 27.2. The normalized spacial score (nSPS) is 12.2. The maximum absolute atomic E-state index is 7.19. The summed E-state index contributed by atoms with van der Waals surface area (Å²) in [4.78, 5) is 0. The number of hydrogen-bond donors (Lipinski definition) is 0. The predicted octanol–water partition coefficient (Wildman–Crippen LogP) is 25.1. The van der Waals surface area contributed by atoms with Crippen molar-refractivity contribution in [3.05, 3.63) is 327 Å². The summed E-state index contributed by atoms with van der Waals surface area (Å²) >= 11 is 0. The van der Waals surface area contributed by atoms with Crippen molar-refractivity contribution < 1.29 is 8.83 Å². The third kappa shape index (κ3) is 7.97. The van der Waals surface area contributed by atoms with Gasteiger partial charge in [-0.25, -0.2) is 0 Å². The number of hydrogen-bond acceptors (Lipinski definition) is 2. The van der Waals surface area contributed by atoms with Gasteiger partial charge in [0.2, 0.25) is 0 Å². The Morgan fingerprint density at radius 2 is 0.561 bits per heavy atom. The molecule has 0 saturated heterocycles. The molecular weight excluding hydrogens is 1190 g/mol. The van der Waals surface area contributed by atoms with Crippen molar-refractivity contribution in [2.75, 3.05) is 0 Å². The summed E-state index contributed by atoms with van der Waals surface area (Å²) in [6, 6.07) is 118. The third-order valence-corrected chi connectivity index (χ3v) is 20.9. The van der Waals surface area contributed by atoms with Crippen molar-refractivity contribution in [3.8, 4) is 67.3 Å². The molecule has 21 rings (SSSR count). The first kappa shape index (κ1) is 54.5. The van der Waals surface area contributed by atoms with Crippen molar-refractivity contribution in [2.24, 2.45) is 0 Å². The van der Waals surface area contributed by atoms with Crippen molar-refractivity contribution in [1.29, 1.82) is 0 Å². The smallest absolute Gasteiger partial charge is 0.143 e. The van der Waals surface area contributed by atoms with Gasteiger partial charge in [-0.3, -0.25) is 0 Å². The van der Waals surface area contributed by atoms with Gasteiger partial charge in [0.05, 0.1) is 44.1 Å². The van der Waals surface area contributed by atoms with E-state index >= 15 is 0 Å². The van der Waals surface area contributed by atoms with Gasteiger partial charge in [0, 0.05) is 98.5 Å². The van der Waals surface area contributed by atoms with E-state index in [4.69, 9.17) is 8.83 Å². The number of benzene rings is 15. The lowest BCUT2D eigenvalue weighted by Gasteiger charge is -2.15. The number of aryl methyl sites for hydroxylation is 1. The standard InChI is InChI=1S/C92H58N4O2/c1-2-56-48-58(40-44-65(56)77-52-62(95-85-37-19-12-30-71(85)72-31-13-20-38-86(72)95)54-79-75-50-60(42-46-89(75)97-91(77)79)93-81-33-15-8-26-67(81)68-27-9-16-34-82(68)93)59-41-45-88-74(49-59)73-32-14-21-39-87(73)96(88)63-53-78(66-25-7-6-24-64(66)57-22-4-3-5-23-57)92-80(55-63)76-51-61(43-47-90(76)98-92)94-83-35-17-10-28-69(83)70-29-11-18-36-84(70)94/h3-55H,2H2,1H3. The van der Waals surface area contributed by atoms with Crippen molar-refractivity contribution in [3.63, 3.8) is 0 Å². The lowest BCUT2D eigenvalue weighted by molar-refractivity contribution is 0.669. The van der Waals surface area contributed by atoms with Gasteiger partial charge >= 0.3 is 0 Å². The minimum absolute atomic E-state index is 0.811. The molecule has 21 aromatic rings. The van der Waals surface area contributed by atoms with E-state index in [1.54, 1.807) is 0 Å². The highest BCUT2D eigenvalue weighted by molar-refractivity contribution is 6.18. The minimum atomic E-state index is 0.811. The molecule has 0 atom stereocenters. The monoisotopic (exact) mass is 1250 g/mol. The van der Waals surface area contributed by atoms with Gasteiger partial charge < -0.3 is 27.1 Å². The van der Waals surface area contributed by atoms with Gasteiger partial charge in [0.15, 0.2) is 0 Å². The summed E-state index contributed by atoms with van der Waals surface area (Å²) in [6.07, 6.45) is 0.811. The van der Waals surface area contributed by atoms with E-state index in [0.717, 1.165) is 140 Å². The SMILES string of the molecule is CCc1cc(-c2ccc3c(c2)c2ccccc2n3-c2cc(-c3ccccc3-c3ccccc3)c3oc4ccc(-n5c6ccccc6c6ccccc65)cc4c3c2)ccc1-c1cc(-n2c3ccccc3c3ccccc32)cc2c1oc1ccc(-n3c4ccccc4c4ccccc43)cc12. The predicted molar refractivity (Wildman–Crippen MR) is 409 cm³/mol. The van der Waals surface area contributed by atoms with Crippen LogP contribution in [-0.2, 0) is 6.42 Å². The lowest BCUT2D eigenvalue weighted by atomic mass is 9.92. The number of para-hydroxylation sites is 7.